The van der Waals surface area contributed by atoms with Gasteiger partial charge in [0.2, 0.25) is 5.91 Å². The van der Waals surface area contributed by atoms with Gasteiger partial charge in [0.25, 0.3) is 0 Å². The Bertz CT molecular complexity index is 1840. The van der Waals surface area contributed by atoms with Gasteiger partial charge in [0, 0.05) is 29.9 Å². The van der Waals surface area contributed by atoms with Gasteiger partial charge >= 0.3 is 18.0 Å². The van der Waals surface area contributed by atoms with Crippen molar-refractivity contribution in [3.8, 4) is 5.75 Å². The number of amides is 2. The molecule has 0 radical (unpaired) electrons. The molecule has 0 unspecified atom stereocenters. The van der Waals surface area contributed by atoms with Gasteiger partial charge in [-0.3, -0.25) is 9.59 Å². The molecule has 4 aromatic carbocycles. The predicted molar refractivity (Wildman–Crippen MR) is 181 cm³/mol. The van der Waals surface area contributed by atoms with Crippen LogP contribution in [0.25, 0.3) is 10.9 Å². The summed E-state index contributed by atoms with van der Waals surface area (Å²) in [6.45, 7) is -0.00919. The summed E-state index contributed by atoms with van der Waals surface area (Å²) in [5.41, 5.74) is 3.65. The molecule has 0 aliphatic heterocycles. The number of carbonyl (C=O) groups excluding carboxylic acids is 4. The van der Waals surface area contributed by atoms with Crippen LogP contribution >= 0.6 is 0 Å². The Morgan fingerprint density at radius 2 is 1.24 bits per heavy atom. The lowest BCUT2D eigenvalue weighted by molar-refractivity contribution is -0.150. The summed E-state index contributed by atoms with van der Waals surface area (Å²) in [5.74, 6) is -1.98. The molecule has 0 saturated carbocycles. The minimum Gasteiger partial charge on any atom is -0.508 e. The first kappa shape index (κ1) is 34.2. The topological polar surface area (TPSA) is 156 Å². The number of aromatic hydroxyl groups is 1. The maximum atomic E-state index is 13.9. The Morgan fingerprint density at radius 3 is 1.86 bits per heavy atom. The van der Waals surface area contributed by atoms with Gasteiger partial charge in [-0.2, -0.15) is 0 Å². The summed E-state index contributed by atoms with van der Waals surface area (Å²) >= 11 is 0. The van der Waals surface area contributed by atoms with Crippen molar-refractivity contribution in [1.82, 2.24) is 15.6 Å². The molecule has 4 N–H and O–H groups in total. The first-order valence-corrected chi connectivity index (χ1v) is 15.8. The summed E-state index contributed by atoms with van der Waals surface area (Å²) < 4.78 is 16.3. The molecule has 1 heterocycles. The number of aromatic amines is 1. The number of fused-ring (bicyclic) bond motifs is 1. The number of hydrogen-bond acceptors (Lipinski definition) is 8. The van der Waals surface area contributed by atoms with E-state index in [-0.39, 0.29) is 44.8 Å². The summed E-state index contributed by atoms with van der Waals surface area (Å²) in [5, 5.41) is 16.0. The Morgan fingerprint density at radius 1 is 0.673 bits per heavy atom. The van der Waals surface area contributed by atoms with E-state index in [2.05, 4.69) is 15.6 Å². The molecule has 49 heavy (non-hydrogen) atoms. The SMILES string of the molecule is O=C(CC[C@H](NC(=O)[C@H](Cc1c[nH]c2ccc(O)cc12)NC(=O)OCc1ccccc1)C(=O)OCc1ccccc1)OCc1ccccc1. The first-order chi connectivity index (χ1) is 23.8. The fourth-order valence-corrected chi connectivity index (χ4v) is 5.09. The van der Waals surface area contributed by atoms with Crippen LogP contribution in [0.15, 0.2) is 115 Å². The normalized spacial score (nSPS) is 12.0. The van der Waals surface area contributed by atoms with Crippen LogP contribution in [0.4, 0.5) is 4.79 Å². The molecule has 11 heteroatoms. The monoisotopic (exact) mass is 663 g/mol. The zero-order chi connectivity index (χ0) is 34.4. The lowest BCUT2D eigenvalue weighted by Crippen LogP contribution is -2.53. The summed E-state index contributed by atoms with van der Waals surface area (Å²) in [7, 11) is 0. The number of H-pyrrole nitrogens is 1. The van der Waals surface area contributed by atoms with E-state index in [1.165, 1.54) is 6.07 Å². The van der Waals surface area contributed by atoms with Gasteiger partial charge in [-0.25, -0.2) is 9.59 Å². The first-order valence-electron chi connectivity index (χ1n) is 15.8. The van der Waals surface area contributed by atoms with E-state index in [1.807, 2.05) is 66.7 Å². The smallest absolute Gasteiger partial charge is 0.408 e. The molecule has 11 nitrogen and oxygen atoms in total. The number of esters is 2. The molecule has 0 spiro atoms. The highest BCUT2D eigenvalue weighted by Gasteiger charge is 2.30. The Kier molecular flexibility index (Phi) is 12.0. The molecule has 252 valence electrons. The highest BCUT2D eigenvalue weighted by Crippen LogP contribution is 2.24. The lowest BCUT2D eigenvalue weighted by Gasteiger charge is -2.22. The molecular weight excluding hydrogens is 626 g/mol. The fourth-order valence-electron chi connectivity index (χ4n) is 5.09. The van der Waals surface area contributed by atoms with Gasteiger partial charge in [0.15, 0.2) is 0 Å². The van der Waals surface area contributed by atoms with E-state index in [4.69, 9.17) is 14.2 Å². The average molecular weight is 664 g/mol. The fraction of sp³-hybridized carbons (Fsp3) is 0.211. The molecule has 2 amide bonds. The lowest BCUT2D eigenvalue weighted by atomic mass is 10.0. The van der Waals surface area contributed by atoms with E-state index in [1.54, 1.807) is 42.6 Å². The predicted octanol–water partition coefficient (Wildman–Crippen LogP) is 5.46. The third-order valence-corrected chi connectivity index (χ3v) is 7.70. The summed E-state index contributed by atoms with van der Waals surface area (Å²) in [6, 6.07) is 29.6. The summed E-state index contributed by atoms with van der Waals surface area (Å²) in [6.07, 6.45) is 0.520. The largest absolute Gasteiger partial charge is 0.508 e. The van der Waals surface area contributed by atoms with Crippen LogP contribution < -0.4 is 10.6 Å². The van der Waals surface area contributed by atoms with Gasteiger partial charge in [0.1, 0.15) is 37.7 Å². The van der Waals surface area contributed by atoms with Crippen LogP contribution in [0.1, 0.15) is 35.1 Å². The number of phenolic OH excluding ortho intramolecular Hbond substituents is 1. The number of ether oxygens (including phenoxy) is 3. The minimum absolute atomic E-state index is 0.0133. The van der Waals surface area contributed by atoms with E-state index in [0.717, 1.165) is 22.2 Å². The second kappa shape index (κ2) is 17.2. The van der Waals surface area contributed by atoms with Crippen LogP contribution in [0.2, 0.25) is 0 Å². The number of phenols is 1. The van der Waals surface area contributed by atoms with Crippen LogP contribution in [-0.4, -0.2) is 46.1 Å². The average Bonchev–Trinajstić information content (AvgIpc) is 3.52. The maximum Gasteiger partial charge on any atom is 0.408 e. The maximum absolute atomic E-state index is 13.9. The molecule has 5 rings (SSSR count). The van der Waals surface area contributed by atoms with Crippen molar-refractivity contribution in [2.75, 3.05) is 0 Å². The van der Waals surface area contributed by atoms with Gasteiger partial charge in [-0.1, -0.05) is 91.0 Å². The Labute approximate surface area is 283 Å². The molecule has 0 fully saturated rings. The Hall–Kier alpha value is -6.10. The van der Waals surface area contributed by atoms with Crippen molar-refractivity contribution in [3.05, 3.63) is 138 Å². The molecule has 2 atom stereocenters. The second-order valence-corrected chi connectivity index (χ2v) is 11.3. The van der Waals surface area contributed by atoms with Crippen molar-refractivity contribution in [2.45, 2.75) is 51.2 Å². The van der Waals surface area contributed by atoms with Crippen LogP contribution in [0.3, 0.4) is 0 Å². The van der Waals surface area contributed by atoms with Crippen molar-refractivity contribution in [3.63, 3.8) is 0 Å². The van der Waals surface area contributed by atoms with E-state index < -0.39 is 36.0 Å². The zero-order valence-electron chi connectivity index (χ0n) is 26.7. The molecule has 0 bridgehead atoms. The highest BCUT2D eigenvalue weighted by atomic mass is 16.6. The zero-order valence-corrected chi connectivity index (χ0v) is 26.7. The van der Waals surface area contributed by atoms with Crippen LogP contribution in [-0.2, 0) is 54.8 Å². The van der Waals surface area contributed by atoms with Gasteiger partial charge in [-0.15, -0.1) is 0 Å². The molecule has 0 aliphatic carbocycles. The second-order valence-electron chi connectivity index (χ2n) is 11.3. The summed E-state index contributed by atoms with van der Waals surface area (Å²) in [4.78, 5) is 55.9. The third-order valence-electron chi connectivity index (χ3n) is 7.70. The number of carbonyl (C=O) groups is 4. The number of alkyl carbamates (subject to hydrolysis) is 1. The number of aromatic nitrogens is 1. The van der Waals surface area contributed by atoms with Crippen molar-refractivity contribution in [2.24, 2.45) is 0 Å². The molecule has 0 saturated heterocycles. The van der Waals surface area contributed by atoms with E-state index >= 15 is 0 Å². The van der Waals surface area contributed by atoms with Gasteiger partial charge in [0.05, 0.1) is 0 Å². The van der Waals surface area contributed by atoms with E-state index in [0.29, 0.717) is 10.9 Å². The van der Waals surface area contributed by atoms with Crippen molar-refractivity contribution in [1.29, 1.82) is 0 Å². The number of hydrogen-bond donors (Lipinski definition) is 4. The van der Waals surface area contributed by atoms with Crippen LogP contribution in [0.5, 0.6) is 5.75 Å². The van der Waals surface area contributed by atoms with Gasteiger partial charge in [-0.05, 0) is 46.9 Å². The third kappa shape index (κ3) is 10.4. The molecule has 5 aromatic rings. The molecular formula is C38H37N3O8. The number of rotatable bonds is 15. The minimum atomic E-state index is -1.24. The number of benzene rings is 4. The molecule has 0 aliphatic rings. The van der Waals surface area contributed by atoms with E-state index in [9.17, 15) is 24.3 Å². The highest BCUT2D eigenvalue weighted by molar-refractivity contribution is 5.91. The standard InChI is InChI=1S/C38H37N3O8/c42-30-16-17-32-31(21-30)29(22-39-32)20-34(41-38(46)49-25-28-14-8-3-9-15-28)36(44)40-33(37(45)48-24-27-12-6-2-7-13-27)18-19-35(43)47-23-26-10-4-1-5-11-26/h1-17,21-22,33-34,39,42H,18-20,23-25H2,(H,40,44)(H,41,46)/t33-,34-/m0/s1. The van der Waals surface area contributed by atoms with Crippen LogP contribution in [0, 0.1) is 0 Å². The van der Waals surface area contributed by atoms with Crippen molar-refractivity contribution < 1.29 is 38.5 Å². The molecule has 1 aromatic heterocycles. The quantitative estimate of drug-likeness (QED) is 0.0850. The van der Waals surface area contributed by atoms with Crippen molar-refractivity contribution >= 4 is 34.8 Å². The van der Waals surface area contributed by atoms with Gasteiger partial charge < -0.3 is 34.9 Å². The Balaban J connectivity index is 1.30. The number of nitrogens with one attached hydrogen (secondary N) is 3.